The minimum atomic E-state index is -4.51. The van der Waals surface area contributed by atoms with Crippen LogP contribution in [0.1, 0.15) is 60.9 Å². The average Bonchev–Trinajstić information content (AvgIpc) is 3.96. The van der Waals surface area contributed by atoms with Crippen molar-refractivity contribution in [1.29, 1.82) is 0 Å². The van der Waals surface area contributed by atoms with E-state index in [1.807, 2.05) is 29.2 Å². The van der Waals surface area contributed by atoms with Gasteiger partial charge in [0.25, 0.3) is 0 Å². The molecule has 1 saturated carbocycles. The molecular weight excluding hydrogens is 649 g/mol. The van der Waals surface area contributed by atoms with E-state index in [9.17, 15) is 23.1 Å². The predicted octanol–water partition coefficient (Wildman–Crippen LogP) is 7.29. The fourth-order valence-electron chi connectivity index (χ4n) is 5.51. The van der Waals surface area contributed by atoms with Crippen molar-refractivity contribution in [3.8, 4) is 5.75 Å². The largest absolute Gasteiger partial charge is 0.499 e. The van der Waals surface area contributed by atoms with Crippen molar-refractivity contribution in [2.24, 2.45) is 20.9 Å². The molecule has 50 heavy (non-hydrogen) atoms. The molecule has 2 aliphatic heterocycles. The van der Waals surface area contributed by atoms with Crippen LogP contribution in [0.3, 0.4) is 0 Å². The molecule has 0 spiro atoms. The van der Waals surface area contributed by atoms with Crippen LogP contribution in [0.4, 0.5) is 13.2 Å². The monoisotopic (exact) mass is 688 g/mol. The summed E-state index contributed by atoms with van der Waals surface area (Å²) in [5.41, 5.74) is 3.01. The maximum atomic E-state index is 13.5. The molecule has 3 aromatic carbocycles. The lowest BCUT2D eigenvalue weighted by Gasteiger charge is -2.24. The molecule has 0 unspecified atom stereocenters. The highest BCUT2D eigenvalue weighted by molar-refractivity contribution is 6.03. The predicted molar refractivity (Wildman–Crippen MR) is 183 cm³/mol. The van der Waals surface area contributed by atoms with Gasteiger partial charge in [0.1, 0.15) is 18.6 Å². The fourth-order valence-corrected chi connectivity index (χ4v) is 5.51. The molecule has 0 aromatic heterocycles. The van der Waals surface area contributed by atoms with Crippen molar-refractivity contribution in [2.75, 3.05) is 26.3 Å². The van der Waals surface area contributed by atoms with Gasteiger partial charge in [-0.3, -0.25) is 4.99 Å². The number of halogens is 3. The molecule has 1 N–H and O–H groups in total. The van der Waals surface area contributed by atoms with Crippen molar-refractivity contribution in [3.63, 3.8) is 0 Å². The molecule has 0 bridgehead atoms. The van der Waals surface area contributed by atoms with Gasteiger partial charge in [-0.15, -0.1) is 0 Å². The van der Waals surface area contributed by atoms with Crippen LogP contribution in [0.2, 0.25) is 0 Å². The lowest BCUT2D eigenvalue weighted by Crippen LogP contribution is -2.37. The second kappa shape index (κ2) is 14.8. The Balaban J connectivity index is 1.24. The molecule has 0 saturated heterocycles. The Labute approximate surface area is 288 Å². The van der Waals surface area contributed by atoms with Gasteiger partial charge < -0.3 is 24.2 Å². The maximum Gasteiger partial charge on any atom is 0.416 e. The summed E-state index contributed by atoms with van der Waals surface area (Å²) < 4.78 is 57.7. The Kier molecular flexibility index (Phi) is 10.3. The zero-order chi connectivity index (χ0) is 35.3. The van der Waals surface area contributed by atoms with Crippen LogP contribution in [-0.4, -0.2) is 65.4 Å². The van der Waals surface area contributed by atoms with Gasteiger partial charge in [-0.1, -0.05) is 42.5 Å². The molecule has 262 valence electrons. The van der Waals surface area contributed by atoms with E-state index in [0.29, 0.717) is 50.2 Å². The molecule has 0 amide bonds. The quantitative estimate of drug-likeness (QED) is 0.227. The number of alkyl halides is 3. The Hall–Kier alpha value is -5.13. The Morgan fingerprint density at radius 3 is 2.40 bits per heavy atom. The fraction of sp³-hybridized carbons (Fsp3) is 0.368. The van der Waals surface area contributed by atoms with Gasteiger partial charge in [0, 0.05) is 31.0 Å². The van der Waals surface area contributed by atoms with E-state index in [1.165, 1.54) is 19.9 Å². The van der Waals surface area contributed by atoms with Gasteiger partial charge >= 0.3 is 12.1 Å². The van der Waals surface area contributed by atoms with Crippen molar-refractivity contribution in [2.45, 2.75) is 57.9 Å². The molecule has 3 aromatic rings. The van der Waals surface area contributed by atoms with E-state index in [2.05, 4.69) is 22.1 Å². The first kappa shape index (κ1) is 34.7. The molecule has 12 heteroatoms. The summed E-state index contributed by atoms with van der Waals surface area (Å²) in [6, 6.07) is 20.3. The number of aliphatic carboxylic acids is 1. The number of rotatable bonds is 11. The molecule has 1 fully saturated rings. The number of benzene rings is 3. The number of ether oxygens (including phenoxy) is 3. The van der Waals surface area contributed by atoms with E-state index in [1.54, 1.807) is 24.5 Å². The number of aliphatic imine (C=N–C) groups is 3. The van der Waals surface area contributed by atoms with Crippen molar-refractivity contribution in [1.82, 2.24) is 4.90 Å². The number of guanidine groups is 1. The van der Waals surface area contributed by atoms with Crippen LogP contribution in [0.25, 0.3) is 0 Å². The Bertz CT molecular complexity index is 1810. The number of hydrogen-bond acceptors (Lipinski definition) is 8. The Morgan fingerprint density at radius 1 is 0.960 bits per heavy atom. The van der Waals surface area contributed by atoms with E-state index >= 15 is 0 Å². The van der Waals surface area contributed by atoms with Gasteiger partial charge in [-0.25, -0.2) is 9.79 Å². The van der Waals surface area contributed by atoms with Crippen molar-refractivity contribution < 1.29 is 37.3 Å². The lowest BCUT2D eigenvalue weighted by atomic mass is 10.0. The third-order valence-corrected chi connectivity index (χ3v) is 8.57. The third kappa shape index (κ3) is 8.90. The minimum absolute atomic E-state index is 0.0726. The molecule has 9 nitrogen and oxygen atoms in total. The van der Waals surface area contributed by atoms with Crippen LogP contribution in [0.5, 0.6) is 5.75 Å². The normalized spacial score (nSPS) is 16.7. The van der Waals surface area contributed by atoms with Gasteiger partial charge in [0.15, 0.2) is 5.60 Å². The first-order valence-electron chi connectivity index (χ1n) is 16.6. The zero-order valence-corrected chi connectivity index (χ0v) is 27.9. The summed E-state index contributed by atoms with van der Waals surface area (Å²) in [7, 11) is 0. The highest BCUT2D eigenvalue weighted by Crippen LogP contribution is 2.38. The number of carbonyl (C=O) groups is 1. The van der Waals surface area contributed by atoms with Crippen LogP contribution in [0.15, 0.2) is 99.7 Å². The van der Waals surface area contributed by atoms with E-state index < -0.39 is 23.3 Å². The van der Waals surface area contributed by atoms with Gasteiger partial charge in [-0.05, 0) is 80.1 Å². The summed E-state index contributed by atoms with van der Waals surface area (Å²) >= 11 is 0. The lowest BCUT2D eigenvalue weighted by molar-refractivity contribution is -0.152. The minimum Gasteiger partial charge on any atom is -0.499 e. The molecule has 0 atom stereocenters. The Morgan fingerprint density at radius 2 is 1.70 bits per heavy atom. The van der Waals surface area contributed by atoms with Crippen LogP contribution < -0.4 is 4.74 Å². The SMILES string of the molecule is CC(C)(Oc1ccc(CCN(Cc2ccc(C3=NC(C4CC4)=COCC3)cc2)C2=NCCOC(c3cccc(C(F)(F)F)c3)=N2)cc1)C(=O)O. The second-order valence-electron chi connectivity index (χ2n) is 13.0. The van der Waals surface area contributed by atoms with Gasteiger partial charge in [0.05, 0.1) is 30.1 Å². The van der Waals surface area contributed by atoms with Crippen LogP contribution in [0, 0.1) is 5.92 Å². The standard InChI is InChI=1S/C38H39F3N4O5/c1-37(2,35(46)47)50-31-14-8-25(9-15-31)16-19-45(36-42-18-21-49-34(44-36)29-4-3-5-30(22-29)38(39,40)41)23-26-6-10-27(11-7-26)32-17-20-48-24-33(43-32)28-12-13-28/h3-11,14-15,22,24,28H,12-13,16-21,23H2,1-2H3,(H,46,47). The summed E-state index contributed by atoms with van der Waals surface area (Å²) in [5, 5.41) is 9.41. The number of carboxylic acids is 1. The number of nitrogens with zero attached hydrogens (tertiary/aromatic N) is 4. The second-order valence-corrected chi connectivity index (χ2v) is 13.0. The molecular formula is C38H39F3N4O5. The topological polar surface area (TPSA) is 105 Å². The van der Waals surface area contributed by atoms with Gasteiger partial charge in [-0.2, -0.15) is 18.2 Å². The summed E-state index contributed by atoms with van der Waals surface area (Å²) in [6.07, 6.45) is 0.829. The first-order chi connectivity index (χ1) is 23.9. The zero-order valence-electron chi connectivity index (χ0n) is 27.9. The molecule has 3 aliphatic rings. The number of carboxylic acid groups (broad SMARTS) is 1. The summed E-state index contributed by atoms with van der Waals surface area (Å²) in [5.74, 6) is 0.264. The van der Waals surface area contributed by atoms with Crippen molar-refractivity contribution >= 4 is 23.5 Å². The third-order valence-electron chi connectivity index (χ3n) is 8.57. The maximum absolute atomic E-state index is 13.5. The van der Waals surface area contributed by atoms with Gasteiger partial charge in [0.2, 0.25) is 11.9 Å². The van der Waals surface area contributed by atoms with E-state index in [4.69, 9.17) is 19.2 Å². The highest BCUT2D eigenvalue weighted by atomic mass is 19.4. The summed E-state index contributed by atoms with van der Waals surface area (Å²) in [4.78, 5) is 27.7. The first-order valence-corrected chi connectivity index (χ1v) is 16.6. The smallest absolute Gasteiger partial charge is 0.416 e. The van der Waals surface area contributed by atoms with Crippen LogP contribution >= 0.6 is 0 Å². The number of hydrogen-bond donors (Lipinski definition) is 1. The summed E-state index contributed by atoms with van der Waals surface area (Å²) in [6.45, 7) is 4.89. The van der Waals surface area contributed by atoms with Crippen molar-refractivity contribution in [3.05, 3.63) is 113 Å². The van der Waals surface area contributed by atoms with Crippen LogP contribution in [-0.2, 0) is 33.4 Å². The van der Waals surface area contributed by atoms with E-state index in [0.717, 1.165) is 53.1 Å². The molecule has 6 rings (SSSR count). The number of allylic oxidation sites excluding steroid dienone is 1. The molecule has 1 aliphatic carbocycles. The highest BCUT2D eigenvalue weighted by Gasteiger charge is 2.32. The van der Waals surface area contributed by atoms with E-state index in [-0.39, 0.29) is 24.6 Å². The molecule has 0 radical (unpaired) electrons. The average molecular weight is 689 g/mol. The molecule has 2 heterocycles.